The third kappa shape index (κ3) is 4.61. The maximum atomic E-state index is 11.0. The molecule has 1 fully saturated rings. The highest BCUT2D eigenvalue weighted by molar-refractivity contribution is 7.80. The summed E-state index contributed by atoms with van der Waals surface area (Å²) in [6.45, 7) is 5.07. The van der Waals surface area contributed by atoms with E-state index in [9.17, 15) is 4.79 Å². The van der Waals surface area contributed by atoms with E-state index in [2.05, 4.69) is 20.1 Å². The Morgan fingerprint density at radius 2 is 1.93 bits per heavy atom. The lowest BCUT2D eigenvalue weighted by Gasteiger charge is -2.37. The smallest absolute Gasteiger partial charge is 0.337 e. The number of nitrogens with one attached hydrogen (secondary N) is 1. The van der Waals surface area contributed by atoms with E-state index < -0.39 is 5.97 Å². The van der Waals surface area contributed by atoms with E-state index in [1.165, 1.54) is 6.07 Å². The summed E-state index contributed by atoms with van der Waals surface area (Å²) in [5, 5.41) is 13.5. The molecule has 1 aromatic heterocycles. The SMILES string of the molecule is Cc1cc(Cl)cnc1N1CCN(C(=S)Nc2ccc(C(=O)O)c(Cl)c2)CC1. The predicted octanol–water partition coefficient (Wildman–Crippen LogP) is 3.91. The monoisotopic (exact) mass is 424 g/mol. The molecule has 9 heteroatoms. The molecule has 0 bridgehead atoms. The quantitative estimate of drug-likeness (QED) is 0.723. The molecule has 2 aromatic rings. The van der Waals surface area contributed by atoms with Crippen molar-refractivity contribution in [3.8, 4) is 0 Å². The van der Waals surface area contributed by atoms with E-state index in [0.29, 0.717) is 15.8 Å². The first-order valence-corrected chi connectivity index (χ1v) is 9.47. The number of aromatic carboxylic acids is 1. The maximum Gasteiger partial charge on any atom is 0.337 e. The van der Waals surface area contributed by atoms with Gasteiger partial charge in [-0.1, -0.05) is 23.2 Å². The number of pyridine rings is 1. The minimum atomic E-state index is -1.06. The van der Waals surface area contributed by atoms with E-state index >= 15 is 0 Å². The Labute approximate surface area is 172 Å². The summed E-state index contributed by atoms with van der Waals surface area (Å²) in [5.41, 5.74) is 1.77. The molecule has 0 amide bonds. The molecular formula is C18H18Cl2N4O2S. The van der Waals surface area contributed by atoms with Crippen molar-refractivity contribution < 1.29 is 9.90 Å². The molecule has 6 nitrogen and oxygen atoms in total. The van der Waals surface area contributed by atoms with Crippen LogP contribution in [0.15, 0.2) is 30.5 Å². The average molecular weight is 425 g/mol. The molecule has 2 N–H and O–H groups in total. The van der Waals surface area contributed by atoms with E-state index in [1.54, 1.807) is 18.3 Å². The van der Waals surface area contributed by atoms with Crippen LogP contribution in [0.5, 0.6) is 0 Å². The number of carboxylic acids is 1. The number of aryl methyl sites for hydroxylation is 1. The molecule has 1 saturated heterocycles. The van der Waals surface area contributed by atoms with Crippen LogP contribution in [0, 0.1) is 6.92 Å². The molecular weight excluding hydrogens is 407 g/mol. The highest BCUT2D eigenvalue weighted by Gasteiger charge is 2.21. The third-order valence-corrected chi connectivity index (χ3v) is 5.21. The van der Waals surface area contributed by atoms with Crippen LogP contribution in [-0.2, 0) is 0 Å². The molecule has 0 atom stereocenters. The van der Waals surface area contributed by atoms with Gasteiger partial charge in [-0.15, -0.1) is 0 Å². The Balaban J connectivity index is 1.60. The van der Waals surface area contributed by atoms with Gasteiger partial charge in [0.25, 0.3) is 0 Å². The summed E-state index contributed by atoms with van der Waals surface area (Å²) in [7, 11) is 0. The molecule has 2 heterocycles. The highest BCUT2D eigenvalue weighted by Crippen LogP contribution is 2.23. The lowest BCUT2D eigenvalue weighted by atomic mass is 10.2. The zero-order chi connectivity index (χ0) is 19.6. The largest absolute Gasteiger partial charge is 0.478 e. The van der Waals surface area contributed by atoms with Crippen LogP contribution in [-0.4, -0.2) is 52.3 Å². The Kier molecular flexibility index (Phi) is 6.04. The van der Waals surface area contributed by atoms with Crippen molar-refractivity contribution in [1.82, 2.24) is 9.88 Å². The van der Waals surface area contributed by atoms with Gasteiger partial charge >= 0.3 is 5.97 Å². The van der Waals surface area contributed by atoms with Crippen molar-refractivity contribution in [2.45, 2.75) is 6.92 Å². The number of thiocarbonyl (C=S) groups is 1. The first-order chi connectivity index (χ1) is 12.8. The van der Waals surface area contributed by atoms with E-state index in [1.807, 2.05) is 13.0 Å². The Morgan fingerprint density at radius 1 is 1.22 bits per heavy atom. The minimum Gasteiger partial charge on any atom is -0.478 e. The fraction of sp³-hybridized carbons (Fsp3) is 0.278. The van der Waals surface area contributed by atoms with Crippen molar-refractivity contribution >= 4 is 58.0 Å². The number of piperazine rings is 1. The van der Waals surface area contributed by atoms with Gasteiger partial charge in [-0.25, -0.2) is 9.78 Å². The number of rotatable bonds is 3. The number of anilines is 2. The molecule has 1 aliphatic rings. The summed E-state index contributed by atoms with van der Waals surface area (Å²) in [5.74, 6) is -0.120. The first kappa shape index (κ1) is 19.7. The summed E-state index contributed by atoms with van der Waals surface area (Å²) in [6, 6.07) is 6.59. The Bertz CT molecular complexity index is 886. The molecule has 142 valence electrons. The summed E-state index contributed by atoms with van der Waals surface area (Å²) >= 11 is 17.5. The Morgan fingerprint density at radius 3 is 2.52 bits per heavy atom. The van der Waals surface area contributed by atoms with E-state index in [0.717, 1.165) is 37.6 Å². The van der Waals surface area contributed by atoms with Gasteiger partial charge < -0.3 is 20.2 Å². The van der Waals surface area contributed by atoms with Crippen LogP contribution < -0.4 is 10.2 Å². The van der Waals surface area contributed by atoms with Crippen molar-refractivity contribution in [2.24, 2.45) is 0 Å². The third-order valence-electron chi connectivity index (χ3n) is 4.33. The van der Waals surface area contributed by atoms with Gasteiger partial charge in [-0.05, 0) is 49.0 Å². The normalized spacial score (nSPS) is 14.2. The Hall–Kier alpha value is -2.09. The van der Waals surface area contributed by atoms with Crippen LogP contribution in [0.3, 0.4) is 0 Å². The second kappa shape index (κ2) is 8.29. The number of hydrogen-bond donors (Lipinski definition) is 2. The van der Waals surface area contributed by atoms with Crippen molar-refractivity contribution in [1.29, 1.82) is 0 Å². The molecule has 1 aromatic carbocycles. The zero-order valence-electron chi connectivity index (χ0n) is 14.6. The number of halogens is 2. The topological polar surface area (TPSA) is 68.7 Å². The minimum absolute atomic E-state index is 0.0626. The van der Waals surface area contributed by atoms with Gasteiger partial charge in [0.1, 0.15) is 5.82 Å². The van der Waals surface area contributed by atoms with Gasteiger partial charge in [-0.3, -0.25) is 0 Å². The molecule has 0 spiro atoms. The standard InChI is InChI=1S/C18H18Cl2N4O2S/c1-11-8-12(19)10-21-16(11)23-4-6-24(7-5-23)18(27)22-13-2-3-14(17(25)26)15(20)9-13/h2-3,8-10H,4-7H2,1H3,(H,22,27)(H,25,26). The second-order valence-corrected chi connectivity index (χ2v) is 7.43. The second-order valence-electron chi connectivity index (χ2n) is 6.20. The van der Waals surface area contributed by atoms with Gasteiger partial charge in [-0.2, -0.15) is 0 Å². The molecule has 0 aliphatic carbocycles. The van der Waals surface area contributed by atoms with Crippen LogP contribution in [0.4, 0.5) is 11.5 Å². The van der Waals surface area contributed by atoms with Crippen molar-refractivity contribution in [3.05, 3.63) is 51.6 Å². The van der Waals surface area contributed by atoms with Crippen LogP contribution in [0.25, 0.3) is 0 Å². The summed E-state index contributed by atoms with van der Waals surface area (Å²) in [6.07, 6.45) is 1.66. The molecule has 1 aliphatic heterocycles. The number of nitrogens with zero attached hydrogens (tertiary/aromatic N) is 3. The van der Waals surface area contributed by atoms with Gasteiger partial charge in [0.2, 0.25) is 0 Å². The van der Waals surface area contributed by atoms with Crippen LogP contribution >= 0.6 is 35.4 Å². The van der Waals surface area contributed by atoms with E-state index in [-0.39, 0.29) is 10.6 Å². The fourth-order valence-electron chi connectivity index (χ4n) is 2.95. The van der Waals surface area contributed by atoms with Gasteiger partial charge in [0, 0.05) is 38.1 Å². The van der Waals surface area contributed by atoms with Crippen LogP contribution in [0.1, 0.15) is 15.9 Å². The number of aromatic nitrogens is 1. The van der Waals surface area contributed by atoms with Gasteiger partial charge in [0.15, 0.2) is 5.11 Å². The number of carboxylic acid groups (broad SMARTS) is 1. The molecule has 0 unspecified atom stereocenters. The number of carbonyl (C=O) groups is 1. The average Bonchev–Trinajstić information content (AvgIpc) is 2.61. The maximum absolute atomic E-state index is 11.0. The molecule has 27 heavy (non-hydrogen) atoms. The summed E-state index contributed by atoms with van der Waals surface area (Å²) in [4.78, 5) is 19.7. The van der Waals surface area contributed by atoms with E-state index in [4.69, 9.17) is 40.5 Å². The molecule has 0 saturated carbocycles. The molecule has 3 rings (SSSR count). The lowest BCUT2D eigenvalue weighted by Crippen LogP contribution is -2.50. The van der Waals surface area contributed by atoms with Crippen molar-refractivity contribution in [2.75, 3.05) is 36.4 Å². The summed E-state index contributed by atoms with van der Waals surface area (Å²) < 4.78 is 0. The predicted molar refractivity (Wildman–Crippen MR) is 112 cm³/mol. The molecule has 0 radical (unpaired) electrons. The van der Waals surface area contributed by atoms with Crippen molar-refractivity contribution in [3.63, 3.8) is 0 Å². The van der Waals surface area contributed by atoms with Gasteiger partial charge in [0.05, 0.1) is 15.6 Å². The zero-order valence-corrected chi connectivity index (χ0v) is 16.9. The lowest BCUT2D eigenvalue weighted by molar-refractivity contribution is 0.0697. The fourth-order valence-corrected chi connectivity index (χ4v) is 3.73. The first-order valence-electron chi connectivity index (χ1n) is 8.31. The number of benzene rings is 1. The number of hydrogen-bond acceptors (Lipinski definition) is 4. The van der Waals surface area contributed by atoms with Crippen LogP contribution in [0.2, 0.25) is 10.0 Å². The highest BCUT2D eigenvalue weighted by atomic mass is 35.5.